The quantitative estimate of drug-likeness (QED) is 0.193. The average molecular weight is 635 g/mol. The third-order valence-electron chi connectivity index (χ3n) is 8.01. The van der Waals surface area contributed by atoms with E-state index in [2.05, 4.69) is 28.3 Å². The van der Waals surface area contributed by atoms with E-state index < -0.39 is 11.5 Å². The zero-order chi connectivity index (χ0) is 33.3. The largest absolute Gasteiger partial charge is 0.398 e. The van der Waals surface area contributed by atoms with E-state index in [1.165, 1.54) is 22.8 Å². The van der Waals surface area contributed by atoms with E-state index in [1.54, 1.807) is 24.1 Å². The van der Waals surface area contributed by atoms with E-state index in [1.807, 2.05) is 46.4 Å². The molecule has 1 saturated heterocycles. The molecule has 1 aliphatic rings. The number of nitrogen functional groups attached to an aromatic ring is 1. The lowest BCUT2D eigenvalue weighted by molar-refractivity contribution is -0.128. The number of benzene rings is 1. The van der Waals surface area contributed by atoms with E-state index in [-0.39, 0.29) is 57.4 Å². The fraction of sp³-hybridized carbons (Fsp3) is 0.394. The van der Waals surface area contributed by atoms with E-state index in [0.29, 0.717) is 41.4 Å². The molecule has 4 rings (SSSR count). The second kappa shape index (κ2) is 13.3. The van der Waals surface area contributed by atoms with Gasteiger partial charge in [0, 0.05) is 37.9 Å². The van der Waals surface area contributed by atoms with Crippen LogP contribution < -0.4 is 16.3 Å². The van der Waals surface area contributed by atoms with Crippen molar-refractivity contribution in [3.8, 4) is 11.3 Å². The van der Waals surface area contributed by atoms with Crippen molar-refractivity contribution >= 4 is 58.2 Å². The van der Waals surface area contributed by atoms with Gasteiger partial charge >= 0.3 is 5.69 Å². The first-order chi connectivity index (χ1) is 21.3. The number of hydrogen-bond acceptors (Lipinski definition) is 8. The Kier molecular flexibility index (Phi) is 9.92. The van der Waals surface area contributed by atoms with Gasteiger partial charge in [-0.1, -0.05) is 51.9 Å². The SMILES string of the molecule is C=CC(=O)N1C[C@H](C)N(c2nc(=O)n(C(/C(=N\C)C(C)C)=C(/N=C)C(C)C)c3nc(-c4c(N)cccc4F)c(Cl)cc23)C[C@H]1C. The summed E-state index contributed by atoms with van der Waals surface area (Å²) < 4.78 is 16.6. The standard InChI is InChI=1S/C33H40ClFN8O2/c1-10-25(44)41-15-20(7)42(16-19(41)6)31-21-14-22(34)29(26-23(35)12-11-13-24(26)36)39-32(21)43(33(45)40-31)30(27(37-8)17(2)3)28(38-9)18(4)5/h10-14,17-20H,1,8,15-16,36H2,2-7,9H3/b30-27+,38-28-/t19-,20+/m1/s1. The third kappa shape index (κ3) is 6.13. The van der Waals surface area contributed by atoms with Crippen LogP contribution >= 0.6 is 11.6 Å². The summed E-state index contributed by atoms with van der Waals surface area (Å²) in [5.41, 5.74) is 7.50. The molecule has 0 aliphatic carbocycles. The summed E-state index contributed by atoms with van der Waals surface area (Å²) in [5.74, 6) is -0.712. The molecule has 3 heterocycles. The summed E-state index contributed by atoms with van der Waals surface area (Å²) in [6.45, 7) is 19.9. The topological polar surface area (TPSA) is 122 Å². The van der Waals surface area contributed by atoms with Crippen molar-refractivity contribution in [1.82, 2.24) is 19.4 Å². The van der Waals surface area contributed by atoms with Crippen LogP contribution in [0.4, 0.5) is 15.9 Å². The van der Waals surface area contributed by atoms with Crippen molar-refractivity contribution < 1.29 is 9.18 Å². The number of anilines is 2. The fourth-order valence-electron chi connectivity index (χ4n) is 5.87. The van der Waals surface area contributed by atoms with Crippen LogP contribution in [-0.2, 0) is 4.79 Å². The van der Waals surface area contributed by atoms with Gasteiger partial charge in [0.15, 0.2) is 5.65 Å². The Labute approximate surface area is 267 Å². The van der Waals surface area contributed by atoms with E-state index in [4.69, 9.17) is 22.3 Å². The van der Waals surface area contributed by atoms with Gasteiger partial charge in [0.2, 0.25) is 5.91 Å². The highest BCUT2D eigenvalue weighted by Gasteiger charge is 2.34. The summed E-state index contributed by atoms with van der Waals surface area (Å²) in [6, 6.07) is 5.53. The van der Waals surface area contributed by atoms with Gasteiger partial charge in [-0.15, -0.1) is 0 Å². The van der Waals surface area contributed by atoms with Gasteiger partial charge in [-0.25, -0.2) is 18.7 Å². The highest BCUT2D eigenvalue weighted by molar-refractivity contribution is 6.34. The first kappa shape index (κ1) is 33.5. The molecule has 2 atom stereocenters. The highest BCUT2D eigenvalue weighted by Crippen LogP contribution is 2.38. The molecule has 2 N–H and O–H groups in total. The molecule has 0 bridgehead atoms. The van der Waals surface area contributed by atoms with Gasteiger partial charge < -0.3 is 15.5 Å². The molecule has 0 unspecified atom stereocenters. The number of nitrogens with two attached hydrogens (primary N) is 1. The monoisotopic (exact) mass is 634 g/mol. The molecule has 45 heavy (non-hydrogen) atoms. The maximum absolute atomic E-state index is 15.3. The number of pyridine rings is 1. The Hall–Kier alpha value is -4.38. The summed E-state index contributed by atoms with van der Waals surface area (Å²) in [5, 5.41) is 0.572. The molecule has 238 valence electrons. The number of allylic oxidation sites excluding steroid dienone is 2. The molecule has 1 fully saturated rings. The molecule has 1 amide bonds. The zero-order valence-corrected chi connectivity index (χ0v) is 27.6. The van der Waals surface area contributed by atoms with Crippen molar-refractivity contribution in [2.45, 2.75) is 53.6 Å². The molecule has 0 saturated carbocycles. The lowest BCUT2D eigenvalue weighted by atomic mass is 9.98. The first-order valence-corrected chi connectivity index (χ1v) is 15.2. The molecule has 0 radical (unpaired) electrons. The van der Waals surface area contributed by atoms with Crippen molar-refractivity contribution in [2.75, 3.05) is 30.8 Å². The van der Waals surface area contributed by atoms with Gasteiger partial charge in [-0.3, -0.25) is 14.8 Å². The van der Waals surface area contributed by atoms with Crippen LogP contribution in [0.25, 0.3) is 28.0 Å². The number of carbonyl (C=O) groups is 1. The third-order valence-corrected chi connectivity index (χ3v) is 8.30. The predicted octanol–water partition coefficient (Wildman–Crippen LogP) is 5.70. The maximum Gasteiger partial charge on any atom is 0.355 e. The molecule has 2 aromatic heterocycles. The van der Waals surface area contributed by atoms with Crippen LogP contribution in [0.15, 0.2) is 57.4 Å². The smallest absolute Gasteiger partial charge is 0.355 e. The minimum atomic E-state index is -0.636. The molecule has 1 aliphatic heterocycles. The number of amides is 1. The van der Waals surface area contributed by atoms with Crippen LogP contribution in [0.3, 0.4) is 0 Å². The van der Waals surface area contributed by atoms with Crippen LogP contribution in [0, 0.1) is 17.7 Å². The second-order valence-corrected chi connectivity index (χ2v) is 12.2. The van der Waals surface area contributed by atoms with Crippen LogP contribution in [0.2, 0.25) is 5.02 Å². The fourth-order valence-corrected chi connectivity index (χ4v) is 6.11. The summed E-state index contributed by atoms with van der Waals surface area (Å²) in [7, 11) is 1.65. The molecular formula is C33H40ClFN8O2. The van der Waals surface area contributed by atoms with E-state index >= 15 is 4.39 Å². The molecule has 1 aromatic carbocycles. The van der Waals surface area contributed by atoms with Crippen molar-refractivity contribution in [1.29, 1.82) is 0 Å². The normalized spacial score (nSPS) is 18.1. The summed E-state index contributed by atoms with van der Waals surface area (Å²) in [4.78, 5) is 48.9. The number of nitrogens with zero attached hydrogens (tertiary/aromatic N) is 7. The zero-order valence-electron chi connectivity index (χ0n) is 26.8. The number of fused-ring (bicyclic) bond motifs is 1. The second-order valence-electron chi connectivity index (χ2n) is 11.8. The van der Waals surface area contributed by atoms with E-state index in [0.717, 1.165) is 0 Å². The lowest BCUT2D eigenvalue weighted by Gasteiger charge is -2.44. The van der Waals surface area contributed by atoms with Gasteiger partial charge in [-0.2, -0.15) is 4.98 Å². The Morgan fingerprint density at radius 1 is 1.16 bits per heavy atom. The van der Waals surface area contributed by atoms with Gasteiger partial charge in [0.1, 0.15) is 11.6 Å². The number of carbonyl (C=O) groups excluding carboxylic acids is 1. The Morgan fingerprint density at radius 3 is 2.40 bits per heavy atom. The highest BCUT2D eigenvalue weighted by atomic mass is 35.5. The number of aliphatic imine (C=N–C) groups is 2. The molecular weight excluding hydrogens is 595 g/mol. The Bertz CT molecular complexity index is 1780. The number of halogens is 2. The summed E-state index contributed by atoms with van der Waals surface area (Å²) >= 11 is 6.85. The summed E-state index contributed by atoms with van der Waals surface area (Å²) in [6.07, 6.45) is 1.29. The van der Waals surface area contributed by atoms with E-state index in [9.17, 15) is 9.59 Å². The lowest BCUT2D eigenvalue weighted by Crippen LogP contribution is -2.58. The number of rotatable bonds is 8. The van der Waals surface area contributed by atoms with Gasteiger partial charge in [-0.05, 0) is 56.7 Å². The Morgan fingerprint density at radius 2 is 1.84 bits per heavy atom. The van der Waals surface area contributed by atoms with Crippen LogP contribution in [0.5, 0.6) is 0 Å². The van der Waals surface area contributed by atoms with Crippen molar-refractivity contribution in [3.63, 3.8) is 0 Å². The first-order valence-electron chi connectivity index (χ1n) is 14.8. The van der Waals surface area contributed by atoms with Crippen LogP contribution in [-0.4, -0.2) is 70.0 Å². The van der Waals surface area contributed by atoms with Crippen molar-refractivity contribution in [2.24, 2.45) is 21.8 Å². The number of aromatic nitrogens is 3. The number of piperazine rings is 1. The van der Waals surface area contributed by atoms with Gasteiger partial charge in [0.25, 0.3) is 0 Å². The number of hydrogen-bond donors (Lipinski definition) is 1. The molecule has 3 aromatic rings. The minimum Gasteiger partial charge on any atom is -0.398 e. The maximum atomic E-state index is 15.3. The molecule has 0 spiro atoms. The Balaban J connectivity index is 2.17. The average Bonchev–Trinajstić information content (AvgIpc) is 2.97. The molecule has 12 heteroatoms. The predicted molar refractivity (Wildman–Crippen MR) is 183 cm³/mol. The van der Waals surface area contributed by atoms with Crippen molar-refractivity contribution in [3.05, 3.63) is 63.9 Å². The molecule has 10 nitrogen and oxygen atoms in total. The van der Waals surface area contributed by atoms with Crippen LogP contribution in [0.1, 0.15) is 41.5 Å². The van der Waals surface area contributed by atoms with Gasteiger partial charge in [0.05, 0.1) is 38.8 Å². The minimum absolute atomic E-state index is 0.0185.